The molecule has 0 spiro atoms. The van der Waals surface area contributed by atoms with Gasteiger partial charge in [-0.15, -0.1) is 0 Å². The van der Waals surface area contributed by atoms with Gasteiger partial charge in [-0.1, -0.05) is 29.8 Å². The van der Waals surface area contributed by atoms with Crippen LogP contribution >= 0.6 is 11.6 Å². The number of carbonyl (C=O) groups excluding carboxylic acids is 1. The number of morpholine rings is 1. The van der Waals surface area contributed by atoms with Gasteiger partial charge in [0.2, 0.25) is 5.91 Å². The summed E-state index contributed by atoms with van der Waals surface area (Å²) in [5.74, 6) is -0.210. The molecule has 1 aliphatic heterocycles. The molecule has 12 heteroatoms. The lowest BCUT2D eigenvalue weighted by atomic mass is 10.1. The van der Waals surface area contributed by atoms with Gasteiger partial charge in [0.25, 0.3) is 5.56 Å². The molecule has 0 radical (unpaired) electrons. The van der Waals surface area contributed by atoms with Crippen LogP contribution in [0, 0.1) is 5.82 Å². The van der Waals surface area contributed by atoms with E-state index in [4.69, 9.17) is 16.3 Å². The number of fused-ring (bicyclic) bond motifs is 1. The number of aliphatic hydroxyl groups excluding tert-OH is 1. The molecule has 4 aromatic rings. The molecule has 1 unspecified atom stereocenters. The van der Waals surface area contributed by atoms with Gasteiger partial charge in [-0.2, -0.15) is 5.10 Å². The molecule has 0 aliphatic carbocycles. The Balaban J connectivity index is 1.44. The molecule has 1 amide bonds. The standard InChI is InChI=1S/C24H22ClFN6O4/c25-16-9-27-22(30-18(12-33)21-10-28-23(34)13-36-21)7-20(16)31-6-5-19-15(24(31)35)8-29-32(19)11-14-3-1-2-4-17(14)26/h1-9,18,21,33H,10-13H2,(H,27,30)(H,28,34)/t18?,21-/m0/s1. The van der Waals surface area contributed by atoms with Crippen LogP contribution in [0.3, 0.4) is 0 Å². The third kappa shape index (κ3) is 4.68. The maximum Gasteiger partial charge on any atom is 0.266 e. The number of aromatic nitrogens is 4. The predicted octanol–water partition coefficient (Wildman–Crippen LogP) is 1.71. The molecule has 1 aliphatic rings. The van der Waals surface area contributed by atoms with Crippen molar-refractivity contribution >= 4 is 34.2 Å². The summed E-state index contributed by atoms with van der Waals surface area (Å²) in [7, 11) is 0. The second-order valence-corrected chi connectivity index (χ2v) is 8.70. The van der Waals surface area contributed by atoms with E-state index < -0.39 is 12.1 Å². The van der Waals surface area contributed by atoms with Crippen molar-refractivity contribution in [3.63, 3.8) is 0 Å². The molecule has 0 saturated carbocycles. The van der Waals surface area contributed by atoms with Crippen LogP contribution in [0.1, 0.15) is 5.56 Å². The Kier molecular flexibility index (Phi) is 6.68. The van der Waals surface area contributed by atoms with Crippen molar-refractivity contribution in [1.29, 1.82) is 0 Å². The zero-order valence-electron chi connectivity index (χ0n) is 18.9. The van der Waals surface area contributed by atoms with Gasteiger partial charge in [-0.3, -0.25) is 18.8 Å². The minimum Gasteiger partial charge on any atom is -0.394 e. The fourth-order valence-corrected chi connectivity index (χ4v) is 4.28. The maximum atomic E-state index is 14.1. The van der Waals surface area contributed by atoms with Crippen molar-refractivity contribution in [3.8, 4) is 5.69 Å². The Hall–Kier alpha value is -3.80. The highest BCUT2D eigenvalue weighted by molar-refractivity contribution is 6.32. The topological polar surface area (TPSA) is 123 Å². The van der Waals surface area contributed by atoms with E-state index in [1.54, 1.807) is 41.2 Å². The number of ether oxygens (including phenoxy) is 1. The van der Waals surface area contributed by atoms with Crippen LogP contribution in [0.15, 0.2) is 59.8 Å². The molecular formula is C24H22ClFN6O4. The first-order valence-electron chi connectivity index (χ1n) is 11.2. The lowest BCUT2D eigenvalue weighted by molar-refractivity contribution is -0.134. The molecule has 5 rings (SSSR count). The number of pyridine rings is 2. The van der Waals surface area contributed by atoms with Gasteiger partial charge in [0.15, 0.2) is 0 Å². The van der Waals surface area contributed by atoms with E-state index in [0.717, 1.165) is 0 Å². The van der Waals surface area contributed by atoms with Crippen molar-refractivity contribution in [2.45, 2.75) is 18.7 Å². The Morgan fingerprint density at radius 1 is 1.28 bits per heavy atom. The zero-order chi connectivity index (χ0) is 25.2. The lowest BCUT2D eigenvalue weighted by Gasteiger charge is -2.30. The number of aliphatic hydroxyl groups is 1. The van der Waals surface area contributed by atoms with Gasteiger partial charge in [0, 0.05) is 24.4 Å². The molecule has 0 bridgehead atoms. The molecule has 186 valence electrons. The molecule has 36 heavy (non-hydrogen) atoms. The van der Waals surface area contributed by atoms with Crippen LogP contribution in [-0.4, -0.2) is 62.2 Å². The quantitative estimate of drug-likeness (QED) is 0.344. The van der Waals surface area contributed by atoms with E-state index in [9.17, 15) is 19.1 Å². The van der Waals surface area contributed by atoms with Crippen LogP contribution in [0.25, 0.3) is 16.6 Å². The first-order chi connectivity index (χ1) is 17.4. The molecule has 1 aromatic carbocycles. The van der Waals surface area contributed by atoms with Crippen molar-refractivity contribution in [1.82, 2.24) is 24.6 Å². The van der Waals surface area contributed by atoms with Crippen LogP contribution in [0.5, 0.6) is 0 Å². The number of carbonyl (C=O) groups is 1. The van der Waals surface area contributed by atoms with Crippen molar-refractivity contribution < 1.29 is 19.0 Å². The number of nitrogens with zero attached hydrogens (tertiary/aromatic N) is 4. The number of benzene rings is 1. The normalized spacial score (nSPS) is 16.6. The number of hydrogen-bond donors (Lipinski definition) is 3. The molecule has 10 nitrogen and oxygen atoms in total. The first-order valence-corrected chi connectivity index (χ1v) is 11.5. The van der Waals surface area contributed by atoms with E-state index in [-0.39, 0.29) is 48.6 Å². The third-order valence-corrected chi connectivity index (χ3v) is 6.28. The Bertz CT molecular complexity index is 1480. The average Bonchev–Trinajstić information content (AvgIpc) is 3.29. The molecule has 1 saturated heterocycles. The molecule has 3 N–H and O–H groups in total. The number of nitrogens with one attached hydrogen (secondary N) is 2. The van der Waals surface area contributed by atoms with E-state index in [2.05, 4.69) is 20.7 Å². The van der Waals surface area contributed by atoms with E-state index in [0.29, 0.717) is 28.0 Å². The lowest BCUT2D eigenvalue weighted by Crippen LogP contribution is -2.51. The highest BCUT2D eigenvalue weighted by Gasteiger charge is 2.27. The van der Waals surface area contributed by atoms with Gasteiger partial charge in [0.05, 0.1) is 59.3 Å². The van der Waals surface area contributed by atoms with E-state index in [1.807, 2.05) is 0 Å². The molecule has 4 heterocycles. The number of halogens is 2. The Morgan fingerprint density at radius 3 is 2.86 bits per heavy atom. The summed E-state index contributed by atoms with van der Waals surface area (Å²) in [6.45, 7) is 0.0515. The van der Waals surface area contributed by atoms with Crippen molar-refractivity contribution in [2.75, 3.05) is 25.1 Å². The predicted molar refractivity (Wildman–Crippen MR) is 131 cm³/mol. The summed E-state index contributed by atoms with van der Waals surface area (Å²) in [5.41, 5.74) is 1.03. The SMILES string of the molecule is O=C1CO[C@H](C(CO)Nc2cc(-n3ccc4c(cnn4Cc4ccccc4F)c3=O)c(Cl)cn2)CN1. The number of hydrogen-bond acceptors (Lipinski definition) is 7. The fourth-order valence-electron chi connectivity index (χ4n) is 4.08. The van der Waals surface area contributed by atoms with Gasteiger partial charge < -0.3 is 20.5 Å². The van der Waals surface area contributed by atoms with E-state index >= 15 is 0 Å². The number of amides is 1. The van der Waals surface area contributed by atoms with Crippen LogP contribution in [0.4, 0.5) is 10.2 Å². The summed E-state index contributed by atoms with van der Waals surface area (Å²) in [5, 5.41) is 20.5. The Morgan fingerprint density at radius 2 is 2.11 bits per heavy atom. The number of anilines is 1. The molecule has 1 fully saturated rings. The summed E-state index contributed by atoms with van der Waals surface area (Å²) in [6.07, 6.45) is 3.95. The first kappa shape index (κ1) is 23.9. The largest absolute Gasteiger partial charge is 0.394 e. The third-order valence-electron chi connectivity index (χ3n) is 5.99. The van der Waals surface area contributed by atoms with Gasteiger partial charge in [-0.25, -0.2) is 9.37 Å². The highest BCUT2D eigenvalue weighted by Crippen LogP contribution is 2.23. The Labute approximate surface area is 209 Å². The van der Waals surface area contributed by atoms with Crippen molar-refractivity contribution in [2.24, 2.45) is 0 Å². The fraction of sp³-hybridized carbons (Fsp3) is 0.250. The van der Waals surface area contributed by atoms with Gasteiger partial charge in [-0.05, 0) is 12.1 Å². The van der Waals surface area contributed by atoms with Gasteiger partial charge in [0.1, 0.15) is 18.2 Å². The summed E-state index contributed by atoms with van der Waals surface area (Å²) < 4.78 is 22.5. The molecule has 3 aromatic heterocycles. The molecule has 2 atom stereocenters. The van der Waals surface area contributed by atoms with Crippen LogP contribution in [-0.2, 0) is 16.1 Å². The minimum atomic E-state index is -0.553. The highest BCUT2D eigenvalue weighted by atomic mass is 35.5. The summed E-state index contributed by atoms with van der Waals surface area (Å²) in [4.78, 5) is 28.9. The van der Waals surface area contributed by atoms with E-state index in [1.165, 1.54) is 23.0 Å². The monoisotopic (exact) mass is 512 g/mol. The van der Waals surface area contributed by atoms with Gasteiger partial charge >= 0.3 is 0 Å². The smallest absolute Gasteiger partial charge is 0.266 e. The number of rotatable bonds is 7. The zero-order valence-corrected chi connectivity index (χ0v) is 19.7. The van der Waals surface area contributed by atoms with Crippen molar-refractivity contribution in [3.05, 3.63) is 81.7 Å². The summed E-state index contributed by atoms with van der Waals surface area (Å²) >= 11 is 6.38. The van der Waals surface area contributed by atoms with Crippen LogP contribution < -0.4 is 16.2 Å². The minimum absolute atomic E-state index is 0.0951. The molecular weight excluding hydrogens is 491 g/mol. The second kappa shape index (κ2) is 10.1. The second-order valence-electron chi connectivity index (χ2n) is 8.29. The summed E-state index contributed by atoms with van der Waals surface area (Å²) in [6, 6.07) is 9.15. The average molecular weight is 513 g/mol. The maximum absolute atomic E-state index is 14.1. The van der Waals surface area contributed by atoms with Crippen LogP contribution in [0.2, 0.25) is 5.02 Å².